The highest BCUT2D eigenvalue weighted by atomic mass is 32.1. The molecule has 0 radical (unpaired) electrons. The molecular weight excluding hydrogens is 470 g/mol. The molecule has 2 saturated heterocycles. The summed E-state index contributed by atoms with van der Waals surface area (Å²) in [7, 11) is 0. The zero-order chi connectivity index (χ0) is 24.2. The third-order valence-corrected chi connectivity index (χ3v) is 6.18. The Labute approximate surface area is 198 Å². The smallest absolute Gasteiger partial charge is 0.414 e. The molecule has 2 N–H and O–H groups in total. The van der Waals surface area contributed by atoms with Crippen LogP contribution in [0.3, 0.4) is 0 Å². The minimum absolute atomic E-state index is 0.0258. The molecule has 2 fully saturated rings. The predicted molar refractivity (Wildman–Crippen MR) is 122 cm³/mol. The number of Topliss-reactive ketones (excluding diaryl/α,β-unsaturated/α-hetero) is 1. The van der Waals surface area contributed by atoms with Gasteiger partial charge in [-0.25, -0.2) is 28.8 Å². The van der Waals surface area contributed by atoms with Gasteiger partial charge in [-0.05, 0) is 13.3 Å². The van der Waals surface area contributed by atoms with Crippen LogP contribution in [0.15, 0.2) is 23.7 Å². The number of amides is 3. The van der Waals surface area contributed by atoms with Crippen molar-refractivity contribution in [1.29, 1.82) is 0 Å². The van der Waals surface area contributed by atoms with Crippen molar-refractivity contribution in [2.45, 2.75) is 25.9 Å². The summed E-state index contributed by atoms with van der Waals surface area (Å²) in [5, 5.41) is 6.18. The first-order valence-corrected chi connectivity index (χ1v) is 11.6. The van der Waals surface area contributed by atoms with Gasteiger partial charge in [-0.1, -0.05) is 0 Å². The van der Waals surface area contributed by atoms with Gasteiger partial charge >= 0.3 is 12.1 Å². The summed E-state index contributed by atoms with van der Waals surface area (Å²) in [6, 6.07) is 1.77. The van der Waals surface area contributed by atoms with Gasteiger partial charge in [0.1, 0.15) is 17.6 Å². The highest BCUT2D eigenvalue weighted by Crippen LogP contribution is 2.31. The maximum Gasteiger partial charge on any atom is 0.414 e. The number of thiazole rings is 1. The maximum absolute atomic E-state index is 15.0. The molecule has 2 aliphatic heterocycles. The molecule has 4 rings (SSSR count). The number of urea groups is 1. The van der Waals surface area contributed by atoms with E-state index >= 15 is 8.78 Å². The second-order valence-corrected chi connectivity index (χ2v) is 8.82. The number of carbonyl (C=O) groups excluding carboxylic acids is 3. The van der Waals surface area contributed by atoms with Crippen LogP contribution in [0.1, 0.15) is 19.8 Å². The Morgan fingerprint density at radius 2 is 2.03 bits per heavy atom. The Kier molecular flexibility index (Phi) is 7.22. The molecule has 3 amide bonds. The normalized spacial score (nSPS) is 18.6. The lowest BCUT2D eigenvalue weighted by molar-refractivity contribution is -0.117. The van der Waals surface area contributed by atoms with E-state index in [4.69, 9.17) is 4.74 Å². The van der Waals surface area contributed by atoms with E-state index in [1.165, 1.54) is 28.2 Å². The number of hydrogen-bond donors (Lipinski definition) is 2. The fourth-order valence-electron chi connectivity index (χ4n) is 3.83. The molecule has 0 saturated carbocycles. The van der Waals surface area contributed by atoms with E-state index in [0.29, 0.717) is 11.6 Å². The lowest BCUT2D eigenvalue weighted by Crippen LogP contribution is -2.46. The van der Waals surface area contributed by atoms with Gasteiger partial charge in [-0.3, -0.25) is 15.2 Å². The number of nitrogens with one attached hydrogen (secondary N) is 2. The summed E-state index contributed by atoms with van der Waals surface area (Å²) in [6.45, 7) is 2.46. The van der Waals surface area contributed by atoms with Crippen LogP contribution < -0.4 is 20.5 Å². The van der Waals surface area contributed by atoms with Crippen molar-refractivity contribution in [3.8, 4) is 0 Å². The first kappa shape index (κ1) is 23.8. The molecule has 1 aromatic heterocycles. The topological polar surface area (TPSA) is 107 Å². The summed E-state index contributed by atoms with van der Waals surface area (Å²) < 4.78 is 35.3. The van der Waals surface area contributed by atoms with Crippen molar-refractivity contribution >= 4 is 45.8 Å². The zero-order valence-electron chi connectivity index (χ0n) is 18.4. The molecule has 10 nitrogen and oxygen atoms in total. The van der Waals surface area contributed by atoms with Crippen molar-refractivity contribution in [1.82, 2.24) is 15.4 Å². The van der Waals surface area contributed by atoms with Gasteiger partial charge in [0.2, 0.25) is 0 Å². The number of anilines is 3. The van der Waals surface area contributed by atoms with E-state index in [2.05, 4.69) is 15.7 Å². The minimum Gasteiger partial charge on any atom is -0.444 e. The zero-order valence-corrected chi connectivity index (χ0v) is 19.2. The lowest BCUT2D eigenvalue weighted by Gasteiger charge is -2.25. The van der Waals surface area contributed by atoms with Gasteiger partial charge < -0.3 is 14.4 Å². The van der Waals surface area contributed by atoms with Crippen molar-refractivity contribution in [3.63, 3.8) is 0 Å². The molecule has 2 aliphatic rings. The van der Waals surface area contributed by atoms with Crippen LogP contribution in [-0.2, 0) is 9.53 Å². The molecule has 3 heterocycles. The van der Waals surface area contributed by atoms with E-state index in [1.54, 1.807) is 11.6 Å². The fourth-order valence-corrected chi connectivity index (χ4v) is 4.35. The number of rotatable bonds is 6. The van der Waals surface area contributed by atoms with E-state index in [-0.39, 0.29) is 56.3 Å². The second-order valence-electron chi connectivity index (χ2n) is 7.93. The van der Waals surface area contributed by atoms with Gasteiger partial charge in [-0.2, -0.15) is 0 Å². The van der Waals surface area contributed by atoms with E-state index in [1.807, 2.05) is 0 Å². The number of benzene rings is 1. The Hall–Kier alpha value is -3.32. The summed E-state index contributed by atoms with van der Waals surface area (Å²) in [5.74, 6) is -1.67. The third-order valence-electron chi connectivity index (χ3n) is 5.49. The SMILES string of the molecule is CC(=O)CC[C@H]1CN(c2cc(F)c(N3CCNN(C(=O)Nc4nccs4)CC3)c(F)c2)C(=O)O1. The van der Waals surface area contributed by atoms with Gasteiger partial charge in [0.05, 0.1) is 18.8 Å². The Morgan fingerprint density at radius 3 is 2.71 bits per heavy atom. The van der Waals surface area contributed by atoms with Gasteiger partial charge in [0, 0.05) is 49.8 Å². The third kappa shape index (κ3) is 5.42. The number of halogens is 2. The number of nitrogens with zero attached hydrogens (tertiary/aromatic N) is 4. The number of aromatic nitrogens is 1. The van der Waals surface area contributed by atoms with E-state index < -0.39 is 29.9 Å². The number of cyclic esters (lactones) is 1. The van der Waals surface area contributed by atoms with Crippen LogP contribution in [0.25, 0.3) is 0 Å². The average molecular weight is 495 g/mol. The van der Waals surface area contributed by atoms with Crippen LogP contribution in [0, 0.1) is 11.6 Å². The van der Waals surface area contributed by atoms with Crippen LogP contribution in [-0.4, -0.2) is 66.7 Å². The molecule has 34 heavy (non-hydrogen) atoms. The minimum atomic E-state index is -0.823. The van der Waals surface area contributed by atoms with Crippen LogP contribution in [0.4, 0.5) is 34.9 Å². The van der Waals surface area contributed by atoms with Crippen LogP contribution >= 0.6 is 11.3 Å². The van der Waals surface area contributed by atoms with Crippen molar-refractivity contribution < 1.29 is 27.9 Å². The Balaban J connectivity index is 1.42. The summed E-state index contributed by atoms with van der Waals surface area (Å²) >= 11 is 1.28. The second kappa shape index (κ2) is 10.3. The summed E-state index contributed by atoms with van der Waals surface area (Å²) in [6.07, 6.45) is 0.964. The molecule has 0 unspecified atom stereocenters. The van der Waals surface area contributed by atoms with Crippen molar-refractivity contribution in [3.05, 3.63) is 35.3 Å². The Morgan fingerprint density at radius 1 is 1.26 bits per heavy atom. The largest absolute Gasteiger partial charge is 0.444 e. The van der Waals surface area contributed by atoms with Gasteiger partial charge in [-0.15, -0.1) is 11.3 Å². The Bertz CT molecular complexity index is 1050. The molecule has 13 heteroatoms. The summed E-state index contributed by atoms with van der Waals surface area (Å²) in [4.78, 5) is 42.5. The molecular formula is C21H24F2N6O4S. The fraction of sp³-hybridized carbons (Fsp3) is 0.429. The lowest BCUT2D eigenvalue weighted by atomic mass is 10.1. The molecule has 182 valence electrons. The van der Waals surface area contributed by atoms with E-state index in [9.17, 15) is 14.4 Å². The standard InChI is InChI=1S/C21H24F2N6O4S/c1-13(30)2-3-15-12-28(21(32)33-15)14-10-16(22)18(17(23)11-14)27-6-4-25-29(8-7-27)20(31)26-19-24-5-9-34-19/h5,9-11,15,25H,2-4,6-8,12H2,1H3,(H,24,26,31)/t15-/m0/s1. The van der Waals surface area contributed by atoms with Crippen molar-refractivity contribution in [2.75, 3.05) is 47.8 Å². The number of hydrogen-bond acceptors (Lipinski definition) is 8. The first-order chi connectivity index (χ1) is 16.3. The molecule has 0 spiro atoms. The monoisotopic (exact) mass is 494 g/mol. The molecule has 2 aromatic rings. The number of ether oxygens (including phenoxy) is 1. The number of carbonyl (C=O) groups is 3. The van der Waals surface area contributed by atoms with Crippen molar-refractivity contribution in [2.24, 2.45) is 0 Å². The highest BCUT2D eigenvalue weighted by Gasteiger charge is 2.34. The van der Waals surface area contributed by atoms with Gasteiger partial charge in [0.15, 0.2) is 16.8 Å². The van der Waals surface area contributed by atoms with E-state index in [0.717, 1.165) is 17.0 Å². The van der Waals surface area contributed by atoms with Crippen LogP contribution in [0.2, 0.25) is 0 Å². The molecule has 0 aliphatic carbocycles. The number of ketones is 1. The molecule has 1 aromatic carbocycles. The first-order valence-electron chi connectivity index (χ1n) is 10.7. The molecule has 1 atom stereocenters. The number of hydrazine groups is 1. The summed E-state index contributed by atoms with van der Waals surface area (Å²) in [5.41, 5.74) is 2.76. The van der Waals surface area contributed by atoms with Gasteiger partial charge in [0.25, 0.3) is 0 Å². The maximum atomic E-state index is 15.0. The van der Waals surface area contributed by atoms with Crippen LogP contribution in [0.5, 0.6) is 0 Å². The molecule has 0 bridgehead atoms. The highest BCUT2D eigenvalue weighted by molar-refractivity contribution is 7.13. The quantitative estimate of drug-likeness (QED) is 0.636. The predicted octanol–water partition coefficient (Wildman–Crippen LogP) is 2.97. The average Bonchev–Trinajstić information content (AvgIpc) is 3.35.